The fraction of sp³-hybridized carbons (Fsp3) is 0.214. The van der Waals surface area contributed by atoms with Crippen LogP contribution in [0.25, 0.3) is 16.8 Å². The lowest BCUT2D eigenvalue weighted by atomic mass is 9.92. The van der Waals surface area contributed by atoms with Gasteiger partial charge in [0, 0.05) is 30.9 Å². The molecule has 1 aliphatic heterocycles. The Morgan fingerprint density at radius 3 is 2.72 bits per heavy atom. The van der Waals surface area contributed by atoms with Crippen molar-refractivity contribution < 1.29 is 19.0 Å². The number of ether oxygens (including phenoxy) is 1. The van der Waals surface area contributed by atoms with Crippen molar-refractivity contribution in [3.63, 3.8) is 0 Å². The minimum absolute atomic E-state index is 0.0486. The van der Waals surface area contributed by atoms with Gasteiger partial charge in [-0.2, -0.15) is 0 Å². The average molecular weight is 487 g/mol. The molecule has 5 rings (SSSR count). The molecule has 3 aromatic carbocycles. The fourth-order valence-corrected chi connectivity index (χ4v) is 4.58. The number of methoxy groups -OCH3 is 1. The van der Waals surface area contributed by atoms with Gasteiger partial charge in [-0.25, -0.2) is 9.37 Å². The maximum Gasteiger partial charge on any atom is 0.203 e. The molecule has 1 unspecified atom stereocenters. The molecular weight excluding hydrogens is 459 g/mol. The van der Waals surface area contributed by atoms with E-state index in [9.17, 15) is 4.79 Å². The van der Waals surface area contributed by atoms with Crippen molar-refractivity contribution in [2.75, 3.05) is 20.3 Å². The third-order valence-electron chi connectivity index (χ3n) is 6.41. The van der Waals surface area contributed by atoms with E-state index in [-0.39, 0.29) is 12.4 Å². The summed E-state index contributed by atoms with van der Waals surface area (Å²) >= 11 is 0. The van der Waals surface area contributed by atoms with Crippen molar-refractivity contribution in [3.8, 4) is 22.6 Å². The van der Waals surface area contributed by atoms with E-state index < -0.39 is 11.9 Å². The second kappa shape index (κ2) is 10.4. The van der Waals surface area contributed by atoms with E-state index in [1.54, 1.807) is 24.1 Å². The molecule has 8 heteroatoms. The van der Waals surface area contributed by atoms with Crippen LogP contribution in [0, 0.1) is 5.82 Å². The summed E-state index contributed by atoms with van der Waals surface area (Å²) in [5.74, 6) is 0.0340. The molecule has 0 fully saturated rings. The quantitative estimate of drug-likeness (QED) is 0.329. The Morgan fingerprint density at radius 2 is 1.97 bits per heavy atom. The molecule has 36 heavy (non-hydrogen) atoms. The first-order valence-corrected chi connectivity index (χ1v) is 11.8. The summed E-state index contributed by atoms with van der Waals surface area (Å²) in [7, 11) is 1.60. The molecule has 2 heterocycles. The highest BCUT2D eigenvalue weighted by atomic mass is 19.1. The highest BCUT2D eigenvalue weighted by molar-refractivity contribution is 6.01. The van der Waals surface area contributed by atoms with E-state index in [1.807, 2.05) is 54.6 Å². The van der Waals surface area contributed by atoms with Crippen molar-refractivity contribution in [1.82, 2.24) is 20.2 Å². The van der Waals surface area contributed by atoms with Crippen LogP contribution in [0.3, 0.4) is 0 Å². The average Bonchev–Trinajstić information content (AvgIpc) is 3.35. The van der Waals surface area contributed by atoms with Gasteiger partial charge in [-0.1, -0.05) is 36.4 Å². The number of hydrogen-bond acceptors (Lipinski definition) is 6. The van der Waals surface area contributed by atoms with Gasteiger partial charge in [-0.15, -0.1) is 0 Å². The molecule has 4 aromatic rings. The first-order chi connectivity index (χ1) is 17.6. The lowest BCUT2D eigenvalue weighted by molar-refractivity contribution is 0.0920. The van der Waals surface area contributed by atoms with Crippen LogP contribution in [-0.4, -0.2) is 40.7 Å². The number of fused-ring (bicyclic) bond motifs is 1. The molecule has 0 saturated carbocycles. The highest BCUT2D eigenvalue weighted by Gasteiger charge is 2.34. The largest absolute Gasteiger partial charge is 0.497 e. The Balaban J connectivity index is 1.44. The molecule has 0 spiro atoms. The summed E-state index contributed by atoms with van der Waals surface area (Å²) in [6.07, 6.45) is 1.62. The third-order valence-corrected chi connectivity index (χ3v) is 6.41. The van der Waals surface area contributed by atoms with Gasteiger partial charge < -0.3 is 15.2 Å². The fourth-order valence-electron chi connectivity index (χ4n) is 4.58. The molecule has 0 saturated heterocycles. The van der Waals surface area contributed by atoms with E-state index in [1.165, 1.54) is 6.07 Å². The molecule has 1 atom stereocenters. The summed E-state index contributed by atoms with van der Waals surface area (Å²) in [4.78, 5) is 18.0. The van der Waals surface area contributed by atoms with Crippen LogP contribution in [0.2, 0.25) is 0 Å². The van der Waals surface area contributed by atoms with Gasteiger partial charge in [0.05, 0.1) is 19.4 Å². The van der Waals surface area contributed by atoms with Crippen LogP contribution in [0.15, 0.2) is 73.1 Å². The number of benzene rings is 3. The zero-order valence-electron chi connectivity index (χ0n) is 19.9. The number of halogens is 1. The molecule has 7 nitrogen and oxygen atoms in total. The predicted molar refractivity (Wildman–Crippen MR) is 135 cm³/mol. The van der Waals surface area contributed by atoms with Gasteiger partial charge in [0.15, 0.2) is 0 Å². The van der Waals surface area contributed by atoms with E-state index in [0.717, 1.165) is 22.4 Å². The molecule has 1 aromatic heterocycles. The Morgan fingerprint density at radius 1 is 1.17 bits per heavy atom. The lowest BCUT2D eigenvalue weighted by Gasteiger charge is -2.24. The number of aliphatic hydroxyl groups is 1. The van der Waals surface area contributed by atoms with Gasteiger partial charge in [-0.3, -0.25) is 14.7 Å². The van der Waals surface area contributed by atoms with E-state index in [2.05, 4.69) is 15.6 Å². The summed E-state index contributed by atoms with van der Waals surface area (Å²) < 4.78 is 22.4. The van der Waals surface area contributed by atoms with Crippen molar-refractivity contribution in [3.05, 3.63) is 101 Å². The van der Waals surface area contributed by atoms with Gasteiger partial charge in [0.2, 0.25) is 5.78 Å². The van der Waals surface area contributed by atoms with Crippen LogP contribution in [0.5, 0.6) is 5.75 Å². The number of Topliss-reactive ketones (excluding diaryl/α,β-unsaturated/α-hetero) is 1. The molecule has 0 bridgehead atoms. The Hall–Kier alpha value is -3.85. The first-order valence-electron chi connectivity index (χ1n) is 11.8. The second-order valence-corrected chi connectivity index (χ2v) is 8.58. The van der Waals surface area contributed by atoms with Gasteiger partial charge >= 0.3 is 0 Å². The number of carbonyl (C=O) groups is 1. The Labute approximate surface area is 208 Å². The molecule has 184 valence electrons. The lowest BCUT2D eigenvalue weighted by Crippen LogP contribution is -2.36. The molecule has 3 N–H and O–H groups in total. The van der Waals surface area contributed by atoms with E-state index in [4.69, 9.17) is 9.84 Å². The topological polar surface area (TPSA) is 88.4 Å². The van der Waals surface area contributed by atoms with Crippen molar-refractivity contribution in [1.29, 1.82) is 0 Å². The van der Waals surface area contributed by atoms with Gasteiger partial charge in [-0.05, 0) is 47.0 Å². The van der Waals surface area contributed by atoms with E-state index >= 15 is 4.39 Å². The number of ketones is 1. The van der Waals surface area contributed by atoms with Crippen molar-refractivity contribution in [2.24, 2.45) is 0 Å². The number of rotatable bonds is 8. The summed E-state index contributed by atoms with van der Waals surface area (Å²) in [5, 5.41) is 15.4. The number of nitrogens with zero attached hydrogens (tertiary/aromatic N) is 2. The number of imidazole rings is 1. The number of aromatic nitrogens is 2. The highest BCUT2D eigenvalue weighted by Crippen LogP contribution is 2.32. The minimum atomic E-state index is -0.818. The standard InChI is InChI=1S/C28H27FN4O3/c1-36-21-9-7-20(8-10-21)33-17-32-25-16-31-26(28(35)27(25)33)23-11-6-18(14-24(23)29)22-5-3-2-4-19(22)15-30-12-13-34/h2-11,14,17,26,30-31,34H,12-13,15-16H2,1H3. The Bertz CT molecular complexity index is 1380. The van der Waals surface area contributed by atoms with Gasteiger partial charge in [0.1, 0.15) is 29.6 Å². The zero-order chi connectivity index (χ0) is 25.1. The predicted octanol–water partition coefficient (Wildman–Crippen LogP) is 3.80. The van der Waals surface area contributed by atoms with Gasteiger partial charge in [0.25, 0.3) is 0 Å². The van der Waals surface area contributed by atoms with Crippen LogP contribution in [-0.2, 0) is 13.1 Å². The molecular formula is C28H27FN4O3. The smallest absolute Gasteiger partial charge is 0.203 e. The molecule has 1 aliphatic rings. The summed E-state index contributed by atoms with van der Waals surface area (Å²) in [6.45, 7) is 1.44. The second-order valence-electron chi connectivity index (χ2n) is 8.58. The van der Waals surface area contributed by atoms with Crippen molar-refractivity contribution >= 4 is 5.78 Å². The van der Waals surface area contributed by atoms with Crippen LogP contribution < -0.4 is 15.4 Å². The zero-order valence-corrected chi connectivity index (χ0v) is 19.9. The first kappa shape index (κ1) is 23.9. The number of aliphatic hydroxyl groups excluding tert-OH is 1. The number of hydrogen-bond donors (Lipinski definition) is 3. The molecule has 0 aliphatic carbocycles. The minimum Gasteiger partial charge on any atom is -0.497 e. The maximum absolute atomic E-state index is 15.5. The molecule has 0 radical (unpaired) electrons. The third kappa shape index (κ3) is 4.54. The molecule has 0 amide bonds. The summed E-state index contributed by atoms with van der Waals surface area (Å²) in [5.41, 5.74) is 4.79. The number of carbonyl (C=O) groups excluding carboxylic acids is 1. The van der Waals surface area contributed by atoms with Crippen LogP contribution in [0.4, 0.5) is 4.39 Å². The monoisotopic (exact) mass is 486 g/mol. The van der Waals surface area contributed by atoms with Crippen molar-refractivity contribution in [2.45, 2.75) is 19.1 Å². The van der Waals surface area contributed by atoms with Crippen LogP contribution >= 0.6 is 0 Å². The summed E-state index contributed by atoms with van der Waals surface area (Å²) in [6, 6.07) is 19.3. The Kier molecular flexibility index (Phi) is 6.90. The van der Waals surface area contributed by atoms with Crippen LogP contribution in [0.1, 0.15) is 33.4 Å². The normalized spacial score (nSPS) is 15.1. The maximum atomic E-state index is 15.5. The number of nitrogens with one attached hydrogen (secondary N) is 2. The van der Waals surface area contributed by atoms with E-state index in [0.29, 0.717) is 42.3 Å². The SMILES string of the molecule is COc1ccc(-n2cnc3c2C(=O)C(c2ccc(-c4ccccc4CNCCO)cc2F)NC3)cc1.